The molecule has 0 aliphatic rings. The molecule has 11 rings (SSSR count). The number of hydrogen-bond donors (Lipinski definition) is 0. The van der Waals surface area contributed by atoms with Crippen LogP contribution in [0.4, 0.5) is 0 Å². The van der Waals surface area contributed by atoms with E-state index in [2.05, 4.69) is 200 Å². The van der Waals surface area contributed by atoms with Crippen molar-refractivity contribution in [2.24, 2.45) is 0 Å². The van der Waals surface area contributed by atoms with Crippen LogP contribution in [0.5, 0.6) is 0 Å². The Hall–Kier alpha value is -7.31. The number of aromatic nitrogens is 3. The van der Waals surface area contributed by atoms with E-state index in [1.165, 1.54) is 31.7 Å². The summed E-state index contributed by atoms with van der Waals surface area (Å²) in [6.07, 6.45) is 0. The monoisotopic (exact) mass is 801 g/mol. The quantitative estimate of drug-likeness (QED) is 0.154. The van der Waals surface area contributed by atoms with Gasteiger partial charge in [-0.25, -0.2) is 15.0 Å². The molecule has 3 aromatic heterocycles. The minimum Gasteiger partial charge on any atom is -0.246 e. The van der Waals surface area contributed by atoms with Gasteiger partial charge < -0.3 is 0 Å². The first-order valence-electron chi connectivity index (χ1n) is 20.0. The molecule has 0 atom stereocenters. The standard InChI is InChI=1S/C55H35N3S2/c1-3-13-36(14-4-1)38-25-29-40(30-26-38)52-46(42-17-11-19-44(33-42)54-56-48-21-7-9-23-50(48)59-54)35-47(53(58-52)41-31-27-39(28-32-41)37-15-5-2-6-16-37)43-18-12-20-45(34-43)55-57-49-22-8-10-24-51(49)60-55/h1-35H. The van der Waals surface area contributed by atoms with Crippen LogP contribution in [0.3, 0.4) is 0 Å². The number of rotatable bonds is 8. The highest BCUT2D eigenvalue weighted by Crippen LogP contribution is 2.43. The molecule has 0 bridgehead atoms. The van der Waals surface area contributed by atoms with E-state index in [-0.39, 0.29) is 0 Å². The summed E-state index contributed by atoms with van der Waals surface area (Å²) >= 11 is 3.45. The van der Waals surface area contributed by atoms with Gasteiger partial charge in [0.25, 0.3) is 0 Å². The van der Waals surface area contributed by atoms with Crippen molar-refractivity contribution in [1.29, 1.82) is 0 Å². The van der Waals surface area contributed by atoms with Crippen molar-refractivity contribution in [3.63, 3.8) is 0 Å². The summed E-state index contributed by atoms with van der Waals surface area (Å²) in [5, 5.41) is 2.00. The van der Waals surface area contributed by atoms with Gasteiger partial charge in [0.15, 0.2) is 0 Å². The van der Waals surface area contributed by atoms with Gasteiger partial charge in [-0.2, -0.15) is 0 Å². The van der Waals surface area contributed by atoms with E-state index in [1.807, 2.05) is 12.1 Å². The van der Waals surface area contributed by atoms with Crippen LogP contribution in [0.25, 0.3) is 109 Å². The van der Waals surface area contributed by atoms with Crippen LogP contribution in [-0.2, 0) is 0 Å². The van der Waals surface area contributed by atoms with Crippen LogP contribution in [0, 0.1) is 0 Å². The molecule has 11 aromatic rings. The van der Waals surface area contributed by atoms with Gasteiger partial charge in [0, 0.05) is 33.4 Å². The van der Waals surface area contributed by atoms with E-state index in [0.29, 0.717) is 0 Å². The molecular formula is C55H35N3S2. The summed E-state index contributed by atoms with van der Waals surface area (Å²) in [6.45, 7) is 0. The lowest BCUT2D eigenvalue weighted by Gasteiger charge is -2.18. The summed E-state index contributed by atoms with van der Waals surface area (Å²) < 4.78 is 2.35. The lowest BCUT2D eigenvalue weighted by molar-refractivity contribution is 1.32. The number of hydrogen-bond acceptors (Lipinski definition) is 5. The first-order valence-corrected chi connectivity index (χ1v) is 21.6. The normalized spacial score (nSPS) is 11.3. The number of pyridine rings is 1. The molecule has 0 fully saturated rings. The van der Waals surface area contributed by atoms with Crippen molar-refractivity contribution in [2.45, 2.75) is 0 Å². The van der Waals surface area contributed by atoms with Gasteiger partial charge in [-0.05, 0) is 75.8 Å². The third-order valence-electron chi connectivity index (χ3n) is 11.0. The Labute approximate surface area is 356 Å². The highest BCUT2D eigenvalue weighted by Gasteiger charge is 2.20. The van der Waals surface area contributed by atoms with E-state index in [1.54, 1.807) is 22.7 Å². The minimum atomic E-state index is 0.921. The van der Waals surface area contributed by atoms with Gasteiger partial charge in [0.1, 0.15) is 10.0 Å². The topological polar surface area (TPSA) is 38.7 Å². The van der Waals surface area contributed by atoms with Gasteiger partial charge >= 0.3 is 0 Å². The fourth-order valence-corrected chi connectivity index (χ4v) is 9.85. The van der Waals surface area contributed by atoms with Crippen molar-refractivity contribution in [2.75, 3.05) is 0 Å². The molecule has 60 heavy (non-hydrogen) atoms. The Bertz CT molecular complexity index is 3010. The SMILES string of the molecule is c1ccc(-c2ccc(-c3nc(-c4ccc(-c5ccccc5)cc4)c(-c4cccc(-c5nc6ccccc6s5)c4)cc3-c3cccc(-c4nc5ccccc5s4)c3)cc2)cc1. The Balaban J connectivity index is 1.12. The van der Waals surface area contributed by atoms with E-state index in [9.17, 15) is 0 Å². The van der Waals surface area contributed by atoms with E-state index >= 15 is 0 Å². The zero-order valence-corrected chi connectivity index (χ0v) is 34.0. The molecule has 0 amide bonds. The second kappa shape index (κ2) is 15.5. The van der Waals surface area contributed by atoms with Gasteiger partial charge in [-0.1, -0.05) is 170 Å². The third kappa shape index (κ3) is 6.90. The fourth-order valence-electron chi connectivity index (χ4n) is 7.93. The van der Waals surface area contributed by atoms with Crippen LogP contribution >= 0.6 is 22.7 Å². The molecule has 3 nitrogen and oxygen atoms in total. The summed E-state index contributed by atoms with van der Waals surface area (Å²) in [5.74, 6) is 0. The predicted molar refractivity (Wildman–Crippen MR) is 254 cm³/mol. The summed E-state index contributed by atoms with van der Waals surface area (Å²) in [4.78, 5) is 15.8. The third-order valence-corrected chi connectivity index (χ3v) is 13.2. The first-order chi connectivity index (χ1) is 29.7. The molecule has 0 saturated carbocycles. The largest absolute Gasteiger partial charge is 0.246 e. The molecule has 0 aliphatic heterocycles. The Kier molecular flexibility index (Phi) is 9.23. The van der Waals surface area contributed by atoms with Crippen LogP contribution in [0.2, 0.25) is 0 Å². The van der Waals surface area contributed by atoms with Crippen LogP contribution < -0.4 is 0 Å². The van der Waals surface area contributed by atoms with Gasteiger partial charge in [-0.3, -0.25) is 0 Å². The Morgan fingerprint density at radius 3 is 1.03 bits per heavy atom. The van der Waals surface area contributed by atoms with Crippen molar-refractivity contribution in [3.05, 3.63) is 212 Å². The Morgan fingerprint density at radius 1 is 0.250 bits per heavy atom. The lowest BCUT2D eigenvalue weighted by atomic mass is 9.90. The maximum atomic E-state index is 5.72. The first kappa shape index (κ1) is 35.8. The molecule has 5 heteroatoms. The zero-order valence-electron chi connectivity index (χ0n) is 32.4. The van der Waals surface area contributed by atoms with Crippen LogP contribution in [0.1, 0.15) is 0 Å². The molecule has 0 saturated heterocycles. The average molecular weight is 802 g/mol. The van der Waals surface area contributed by atoms with Crippen molar-refractivity contribution < 1.29 is 0 Å². The molecule has 3 heterocycles. The predicted octanol–water partition coefficient (Wildman–Crippen LogP) is 15.6. The van der Waals surface area contributed by atoms with Crippen molar-refractivity contribution in [3.8, 4) is 88.2 Å². The maximum Gasteiger partial charge on any atom is 0.124 e. The number of thiazole rings is 2. The fraction of sp³-hybridized carbons (Fsp3) is 0. The van der Waals surface area contributed by atoms with Crippen molar-refractivity contribution >= 4 is 43.1 Å². The molecule has 0 aliphatic carbocycles. The number of fused-ring (bicyclic) bond motifs is 2. The molecule has 282 valence electrons. The maximum absolute atomic E-state index is 5.72. The lowest BCUT2D eigenvalue weighted by Crippen LogP contribution is -1.97. The smallest absolute Gasteiger partial charge is 0.124 e. The van der Waals surface area contributed by atoms with Crippen LogP contribution in [-0.4, -0.2) is 15.0 Å². The van der Waals surface area contributed by atoms with E-state index in [0.717, 1.165) is 76.9 Å². The van der Waals surface area contributed by atoms with Crippen molar-refractivity contribution in [1.82, 2.24) is 15.0 Å². The highest BCUT2D eigenvalue weighted by atomic mass is 32.1. The van der Waals surface area contributed by atoms with Gasteiger partial charge in [-0.15, -0.1) is 22.7 Å². The van der Waals surface area contributed by atoms with Crippen LogP contribution in [0.15, 0.2) is 212 Å². The van der Waals surface area contributed by atoms with E-state index in [4.69, 9.17) is 15.0 Å². The molecule has 8 aromatic carbocycles. The molecule has 0 N–H and O–H groups in total. The molecule has 0 radical (unpaired) electrons. The number of nitrogens with zero attached hydrogens (tertiary/aromatic N) is 3. The summed E-state index contributed by atoms with van der Waals surface area (Å²) in [5.41, 5.74) is 17.1. The second-order valence-corrected chi connectivity index (χ2v) is 16.9. The molecule has 0 unspecified atom stereocenters. The minimum absolute atomic E-state index is 0.921. The summed E-state index contributed by atoms with van der Waals surface area (Å²) in [7, 11) is 0. The Morgan fingerprint density at radius 2 is 0.600 bits per heavy atom. The highest BCUT2D eigenvalue weighted by molar-refractivity contribution is 7.22. The van der Waals surface area contributed by atoms with E-state index < -0.39 is 0 Å². The zero-order chi connectivity index (χ0) is 39.8. The average Bonchev–Trinajstić information content (AvgIpc) is 3.98. The van der Waals surface area contributed by atoms with Gasteiger partial charge in [0.05, 0.1) is 31.8 Å². The number of benzene rings is 8. The molecule has 0 spiro atoms. The van der Waals surface area contributed by atoms with Gasteiger partial charge in [0.2, 0.25) is 0 Å². The second-order valence-electron chi connectivity index (χ2n) is 14.8. The summed E-state index contributed by atoms with van der Waals surface area (Å²) in [6, 6.07) is 75.3. The number of para-hydroxylation sites is 2. The molecular weight excluding hydrogens is 767 g/mol.